The van der Waals surface area contributed by atoms with Gasteiger partial charge in [-0.25, -0.2) is 0 Å². The maximum absolute atomic E-state index is 11.7. The van der Waals surface area contributed by atoms with Gasteiger partial charge >= 0.3 is 0 Å². The van der Waals surface area contributed by atoms with Crippen LogP contribution in [0.5, 0.6) is 0 Å². The molecular formula is C12H20BrIO2. The molecule has 0 aliphatic rings. The molecule has 4 heteroatoms. The van der Waals surface area contributed by atoms with Gasteiger partial charge in [-0.2, -0.15) is 0 Å². The van der Waals surface area contributed by atoms with Gasteiger partial charge in [0.25, 0.3) is 0 Å². The van der Waals surface area contributed by atoms with Gasteiger partial charge in [-0.3, -0.25) is 4.79 Å². The lowest BCUT2D eigenvalue weighted by Gasteiger charge is -2.08. The van der Waals surface area contributed by atoms with E-state index in [2.05, 4.69) is 38.5 Å². The zero-order chi connectivity index (χ0) is 12.2. The summed E-state index contributed by atoms with van der Waals surface area (Å²) in [6.45, 7) is 0. The molecular weight excluding hydrogens is 383 g/mol. The Morgan fingerprint density at radius 2 is 1.94 bits per heavy atom. The van der Waals surface area contributed by atoms with Crippen molar-refractivity contribution in [2.75, 3.05) is 9.76 Å². The number of hydrogen-bond acceptors (Lipinski definition) is 2. The summed E-state index contributed by atoms with van der Waals surface area (Å²) in [6.07, 6.45) is 7.32. The van der Waals surface area contributed by atoms with Crippen LogP contribution in [-0.4, -0.2) is 21.8 Å². The third-order valence-corrected chi connectivity index (χ3v) is 3.86. The summed E-state index contributed by atoms with van der Waals surface area (Å²) in [5.74, 6) is -0.211. The van der Waals surface area contributed by atoms with Crippen LogP contribution in [0.2, 0.25) is 0 Å². The third kappa shape index (κ3) is 8.67. The average molecular weight is 403 g/mol. The fourth-order valence-corrected chi connectivity index (χ4v) is 2.46. The van der Waals surface area contributed by atoms with E-state index < -0.39 is 0 Å². The van der Waals surface area contributed by atoms with E-state index in [1.807, 2.05) is 0 Å². The average Bonchev–Trinajstić information content (AvgIpc) is 2.30. The molecule has 0 heterocycles. The maximum Gasteiger partial charge on any atom is 0.143 e. The summed E-state index contributed by atoms with van der Waals surface area (Å²) in [7, 11) is 0. The fourth-order valence-electron chi connectivity index (χ4n) is 1.52. The predicted molar refractivity (Wildman–Crippen MR) is 79.6 cm³/mol. The van der Waals surface area contributed by atoms with Crippen LogP contribution in [0.15, 0.2) is 0 Å². The molecule has 0 saturated carbocycles. The molecule has 0 aromatic heterocycles. The Balaban J connectivity index is 3.69. The van der Waals surface area contributed by atoms with Gasteiger partial charge in [0.05, 0.1) is 5.92 Å². The van der Waals surface area contributed by atoms with Crippen LogP contribution in [-0.2, 0) is 9.59 Å². The fraction of sp³-hybridized carbons (Fsp3) is 0.833. The van der Waals surface area contributed by atoms with E-state index in [1.165, 1.54) is 6.42 Å². The highest BCUT2D eigenvalue weighted by atomic mass is 127. The quantitative estimate of drug-likeness (QED) is 0.172. The summed E-state index contributed by atoms with van der Waals surface area (Å²) < 4.78 is 1.15. The van der Waals surface area contributed by atoms with Crippen molar-refractivity contribution < 1.29 is 9.59 Å². The Hall–Kier alpha value is 0.550. The van der Waals surface area contributed by atoms with E-state index in [0.29, 0.717) is 6.42 Å². The van der Waals surface area contributed by atoms with Crippen molar-refractivity contribution in [2.24, 2.45) is 5.92 Å². The minimum atomic E-state index is -0.348. The van der Waals surface area contributed by atoms with Crippen LogP contribution < -0.4 is 0 Å². The lowest BCUT2D eigenvalue weighted by molar-refractivity contribution is -0.127. The molecule has 0 aliphatic heterocycles. The molecule has 0 aromatic carbocycles. The first-order chi connectivity index (χ1) is 7.76. The molecule has 94 valence electrons. The topological polar surface area (TPSA) is 34.1 Å². The van der Waals surface area contributed by atoms with Gasteiger partial charge in [0.15, 0.2) is 0 Å². The van der Waals surface area contributed by atoms with Gasteiger partial charge in [-0.05, 0) is 30.1 Å². The van der Waals surface area contributed by atoms with Crippen LogP contribution in [0.1, 0.15) is 44.9 Å². The molecule has 0 N–H and O–H groups in total. The number of rotatable bonds is 11. The number of ketones is 1. The third-order valence-electron chi connectivity index (χ3n) is 2.53. The summed E-state index contributed by atoms with van der Waals surface area (Å²) in [4.78, 5) is 22.5. The first kappa shape index (κ1) is 16.6. The van der Waals surface area contributed by atoms with Crippen LogP contribution in [0, 0.1) is 5.92 Å². The molecule has 0 bridgehead atoms. The van der Waals surface area contributed by atoms with Crippen molar-refractivity contribution in [3.8, 4) is 0 Å². The summed E-state index contributed by atoms with van der Waals surface area (Å²) >= 11 is 5.69. The molecule has 0 spiro atoms. The second-order valence-electron chi connectivity index (χ2n) is 3.89. The Kier molecular flexibility index (Phi) is 12.4. The molecule has 0 aromatic rings. The van der Waals surface area contributed by atoms with Crippen molar-refractivity contribution in [1.29, 1.82) is 0 Å². The first-order valence-corrected chi connectivity index (χ1v) is 8.51. The summed E-state index contributed by atoms with van der Waals surface area (Å²) in [6, 6.07) is 0. The lowest BCUT2D eigenvalue weighted by Crippen LogP contribution is -2.15. The second kappa shape index (κ2) is 12.0. The van der Waals surface area contributed by atoms with E-state index in [9.17, 15) is 9.59 Å². The normalized spacial score (nSPS) is 12.4. The van der Waals surface area contributed by atoms with Gasteiger partial charge in [0.2, 0.25) is 0 Å². The Morgan fingerprint density at radius 1 is 1.19 bits per heavy atom. The van der Waals surface area contributed by atoms with Crippen molar-refractivity contribution in [1.82, 2.24) is 0 Å². The van der Waals surface area contributed by atoms with Crippen LogP contribution in [0.25, 0.3) is 0 Å². The highest BCUT2D eigenvalue weighted by Crippen LogP contribution is 2.13. The number of hydrogen-bond donors (Lipinski definition) is 0. The molecule has 16 heavy (non-hydrogen) atoms. The minimum absolute atomic E-state index is 0.137. The van der Waals surface area contributed by atoms with Gasteiger partial charge in [-0.15, -0.1) is 0 Å². The van der Waals surface area contributed by atoms with Crippen molar-refractivity contribution in [2.45, 2.75) is 44.9 Å². The molecule has 0 amide bonds. The SMILES string of the molecule is O=CC(CCCCBr)C(=O)CCCCCI. The van der Waals surface area contributed by atoms with E-state index in [-0.39, 0.29) is 11.7 Å². The van der Waals surface area contributed by atoms with Crippen LogP contribution >= 0.6 is 38.5 Å². The molecule has 1 atom stereocenters. The molecule has 0 fully saturated rings. The number of aldehydes is 1. The Morgan fingerprint density at radius 3 is 2.50 bits per heavy atom. The van der Waals surface area contributed by atoms with E-state index in [1.54, 1.807) is 0 Å². The minimum Gasteiger partial charge on any atom is -0.303 e. The van der Waals surface area contributed by atoms with Gasteiger partial charge in [0.1, 0.15) is 12.1 Å². The predicted octanol–water partition coefficient (Wildman–Crippen LogP) is 3.93. The Labute approximate surface area is 120 Å². The largest absolute Gasteiger partial charge is 0.303 e. The number of halogens is 2. The molecule has 0 radical (unpaired) electrons. The van der Waals surface area contributed by atoms with Gasteiger partial charge < -0.3 is 4.79 Å². The van der Waals surface area contributed by atoms with Crippen molar-refractivity contribution in [3.63, 3.8) is 0 Å². The zero-order valence-electron chi connectivity index (χ0n) is 9.59. The number of unbranched alkanes of at least 4 members (excludes halogenated alkanes) is 3. The lowest BCUT2D eigenvalue weighted by atomic mass is 9.95. The second-order valence-corrected chi connectivity index (χ2v) is 5.77. The smallest absolute Gasteiger partial charge is 0.143 e. The first-order valence-electron chi connectivity index (χ1n) is 5.86. The number of alkyl halides is 2. The molecule has 0 saturated heterocycles. The zero-order valence-corrected chi connectivity index (χ0v) is 13.3. The van der Waals surface area contributed by atoms with Gasteiger partial charge in [0, 0.05) is 11.8 Å². The molecule has 0 rings (SSSR count). The maximum atomic E-state index is 11.7. The summed E-state index contributed by atoms with van der Waals surface area (Å²) in [5.41, 5.74) is 0. The summed E-state index contributed by atoms with van der Waals surface area (Å²) in [5, 5.41) is 0.947. The molecule has 0 aliphatic carbocycles. The highest BCUT2D eigenvalue weighted by Gasteiger charge is 2.16. The van der Waals surface area contributed by atoms with Crippen LogP contribution in [0.4, 0.5) is 0 Å². The molecule has 2 nitrogen and oxygen atoms in total. The van der Waals surface area contributed by atoms with E-state index in [4.69, 9.17) is 0 Å². The standard InChI is InChI=1S/C12H20BrIO2/c13-8-4-3-6-11(10-15)12(16)7-2-1-5-9-14/h10-11H,1-9H2. The van der Waals surface area contributed by atoms with E-state index >= 15 is 0 Å². The monoisotopic (exact) mass is 402 g/mol. The number of carbonyl (C=O) groups excluding carboxylic acids is 2. The highest BCUT2D eigenvalue weighted by molar-refractivity contribution is 14.1. The van der Waals surface area contributed by atoms with Gasteiger partial charge in [-0.1, -0.05) is 51.4 Å². The molecule has 1 unspecified atom stereocenters. The van der Waals surface area contributed by atoms with Crippen molar-refractivity contribution >= 4 is 50.6 Å². The van der Waals surface area contributed by atoms with Crippen molar-refractivity contribution in [3.05, 3.63) is 0 Å². The van der Waals surface area contributed by atoms with E-state index in [0.717, 1.165) is 48.1 Å². The van der Waals surface area contributed by atoms with Crippen LogP contribution in [0.3, 0.4) is 0 Å². The number of Topliss-reactive ketones (excluding diaryl/α,β-unsaturated/α-hetero) is 1. The Bertz CT molecular complexity index is 197. The number of carbonyl (C=O) groups is 2.